The van der Waals surface area contributed by atoms with Gasteiger partial charge in [0.2, 0.25) is 0 Å². The largest absolute Gasteiger partial charge is 0.391 e. The van der Waals surface area contributed by atoms with Gasteiger partial charge < -0.3 is 15.3 Å². The summed E-state index contributed by atoms with van der Waals surface area (Å²) in [5.74, 6) is -0.115. The van der Waals surface area contributed by atoms with Crippen molar-refractivity contribution in [2.24, 2.45) is 5.92 Å². The number of thiazole rings is 1. The van der Waals surface area contributed by atoms with Crippen molar-refractivity contribution in [3.63, 3.8) is 0 Å². The van der Waals surface area contributed by atoms with E-state index in [0.29, 0.717) is 30.3 Å². The van der Waals surface area contributed by atoms with E-state index in [1.54, 1.807) is 23.5 Å². The summed E-state index contributed by atoms with van der Waals surface area (Å²) in [5, 5.41) is 17.0. The molecule has 4 rings (SSSR count). The fraction of sp³-hybridized carbons (Fsp3) is 0.316. The number of aromatic nitrogens is 2. The molecule has 1 aromatic carbocycles. The molecule has 6 nitrogen and oxygen atoms in total. The number of hydrogen-bond acceptors (Lipinski definition) is 6. The number of amides is 1. The zero-order valence-corrected chi connectivity index (χ0v) is 15.2. The number of aliphatic hydroxyl groups is 1. The normalized spacial score (nSPS) is 19.8. The first kappa shape index (κ1) is 16.9. The predicted octanol–water partition coefficient (Wildman–Crippen LogP) is 2.41. The Hall–Kier alpha value is -2.51. The molecule has 0 bridgehead atoms. The van der Waals surface area contributed by atoms with Gasteiger partial charge in [-0.3, -0.25) is 9.78 Å². The van der Waals surface area contributed by atoms with Crippen LogP contribution in [0.25, 0.3) is 10.9 Å². The van der Waals surface area contributed by atoms with Crippen molar-refractivity contribution in [1.82, 2.24) is 14.9 Å². The molecule has 2 N–H and O–H groups in total. The molecule has 1 aliphatic rings. The molecule has 0 spiro atoms. The number of para-hydroxylation sites is 1. The number of aliphatic hydroxyl groups excluding tert-OH is 1. The Morgan fingerprint density at radius 3 is 3.00 bits per heavy atom. The topological polar surface area (TPSA) is 78.4 Å². The number of benzene rings is 1. The van der Waals surface area contributed by atoms with Gasteiger partial charge in [0.15, 0.2) is 5.13 Å². The van der Waals surface area contributed by atoms with Crippen LogP contribution in [0.1, 0.15) is 16.1 Å². The van der Waals surface area contributed by atoms with Crippen LogP contribution in [0.4, 0.5) is 5.13 Å². The monoisotopic (exact) mass is 368 g/mol. The highest BCUT2D eigenvalue weighted by molar-refractivity contribution is 7.13. The highest BCUT2D eigenvalue weighted by Crippen LogP contribution is 2.27. The molecule has 2 atom stereocenters. The third kappa shape index (κ3) is 3.15. The van der Waals surface area contributed by atoms with E-state index in [2.05, 4.69) is 21.4 Å². The predicted molar refractivity (Wildman–Crippen MR) is 103 cm³/mol. The summed E-state index contributed by atoms with van der Waals surface area (Å²) in [6.07, 6.45) is 1.98. The quantitative estimate of drug-likeness (QED) is 0.739. The lowest BCUT2D eigenvalue weighted by Crippen LogP contribution is -2.29. The first-order valence-electron chi connectivity index (χ1n) is 8.59. The maximum Gasteiger partial charge on any atom is 0.273 e. The van der Waals surface area contributed by atoms with Crippen LogP contribution >= 0.6 is 11.3 Å². The summed E-state index contributed by atoms with van der Waals surface area (Å²) < 4.78 is 0. The van der Waals surface area contributed by atoms with Gasteiger partial charge in [0.05, 0.1) is 11.6 Å². The molecule has 0 unspecified atom stereocenters. The average molecular weight is 368 g/mol. The van der Waals surface area contributed by atoms with Gasteiger partial charge in [-0.15, -0.1) is 11.3 Å². The standard InChI is InChI=1S/C19H20N4O2S/c1-20-19-22-16(11-26-19)18(25)23-9-13(17(24)10-23)8-12-6-7-21-15-5-3-2-4-14(12)15/h2-7,11,13,17,24H,8-10H2,1H3,(H,20,22)/t13-,17-/m1/s1. The number of β-amino-alcohol motifs (C(OH)–C–C–N with tert-alkyl or cyclic N) is 1. The van der Waals surface area contributed by atoms with Crippen LogP contribution in [0, 0.1) is 5.92 Å². The van der Waals surface area contributed by atoms with Crippen molar-refractivity contribution < 1.29 is 9.90 Å². The summed E-state index contributed by atoms with van der Waals surface area (Å²) in [5.41, 5.74) is 2.54. The van der Waals surface area contributed by atoms with E-state index in [1.165, 1.54) is 11.3 Å². The number of carbonyl (C=O) groups is 1. The Morgan fingerprint density at radius 2 is 2.19 bits per heavy atom. The zero-order chi connectivity index (χ0) is 18.1. The van der Waals surface area contributed by atoms with Gasteiger partial charge in [-0.25, -0.2) is 4.98 Å². The molecule has 3 heterocycles. The van der Waals surface area contributed by atoms with E-state index in [9.17, 15) is 9.90 Å². The SMILES string of the molecule is CNc1nc(C(=O)N2C[C@@H](Cc3ccnc4ccccc34)[C@H](O)C2)cs1. The Kier molecular flexibility index (Phi) is 4.57. The molecule has 2 aromatic heterocycles. The molecule has 0 aliphatic carbocycles. The average Bonchev–Trinajstić information content (AvgIpc) is 3.29. The van der Waals surface area contributed by atoms with Crippen molar-refractivity contribution in [3.05, 3.63) is 53.2 Å². The van der Waals surface area contributed by atoms with Gasteiger partial charge in [0.25, 0.3) is 5.91 Å². The second-order valence-corrected chi connectivity index (χ2v) is 7.37. The zero-order valence-electron chi connectivity index (χ0n) is 14.4. The van der Waals surface area contributed by atoms with E-state index in [0.717, 1.165) is 16.5 Å². The lowest BCUT2D eigenvalue weighted by Gasteiger charge is -2.15. The molecule has 1 amide bonds. The van der Waals surface area contributed by atoms with Crippen LogP contribution in [0.2, 0.25) is 0 Å². The fourth-order valence-electron chi connectivity index (χ4n) is 3.48. The van der Waals surface area contributed by atoms with E-state index < -0.39 is 6.10 Å². The number of rotatable bonds is 4. The van der Waals surface area contributed by atoms with Crippen LogP contribution in [-0.2, 0) is 6.42 Å². The molecule has 3 aromatic rings. The van der Waals surface area contributed by atoms with Crippen LogP contribution < -0.4 is 5.32 Å². The third-order valence-corrected chi connectivity index (χ3v) is 5.71. The van der Waals surface area contributed by atoms with E-state index >= 15 is 0 Å². The molecular formula is C19H20N4O2S. The summed E-state index contributed by atoms with van der Waals surface area (Å²) in [7, 11) is 1.78. The lowest BCUT2D eigenvalue weighted by atomic mass is 9.94. The Balaban J connectivity index is 1.51. The van der Waals surface area contributed by atoms with Crippen LogP contribution in [-0.4, -0.2) is 52.1 Å². The van der Waals surface area contributed by atoms with Crippen LogP contribution in [0.15, 0.2) is 41.9 Å². The van der Waals surface area contributed by atoms with E-state index in [1.807, 2.05) is 24.3 Å². The minimum Gasteiger partial charge on any atom is -0.391 e. The summed E-state index contributed by atoms with van der Waals surface area (Å²) in [6.45, 7) is 0.877. The second kappa shape index (κ2) is 7.01. The summed E-state index contributed by atoms with van der Waals surface area (Å²) in [4.78, 5) is 23.0. The van der Waals surface area contributed by atoms with Crippen molar-refractivity contribution in [3.8, 4) is 0 Å². The number of nitrogens with one attached hydrogen (secondary N) is 1. The van der Waals surface area contributed by atoms with Crippen molar-refractivity contribution in [2.45, 2.75) is 12.5 Å². The Bertz CT molecular complexity index is 937. The number of likely N-dealkylation sites (tertiary alicyclic amines) is 1. The molecule has 1 saturated heterocycles. The maximum atomic E-state index is 12.7. The smallest absolute Gasteiger partial charge is 0.273 e. The Morgan fingerprint density at radius 1 is 1.35 bits per heavy atom. The van der Waals surface area contributed by atoms with Gasteiger partial charge in [-0.2, -0.15) is 0 Å². The van der Waals surface area contributed by atoms with Crippen molar-refractivity contribution in [2.75, 3.05) is 25.5 Å². The fourth-order valence-corrected chi connectivity index (χ4v) is 4.13. The minimum absolute atomic E-state index is 0.00663. The number of anilines is 1. The number of hydrogen-bond donors (Lipinski definition) is 2. The summed E-state index contributed by atoms with van der Waals surface area (Å²) >= 11 is 1.40. The highest BCUT2D eigenvalue weighted by atomic mass is 32.1. The maximum absolute atomic E-state index is 12.7. The number of carbonyl (C=O) groups excluding carboxylic acids is 1. The highest BCUT2D eigenvalue weighted by Gasteiger charge is 2.35. The van der Waals surface area contributed by atoms with E-state index in [-0.39, 0.29) is 11.8 Å². The minimum atomic E-state index is -0.534. The van der Waals surface area contributed by atoms with Crippen molar-refractivity contribution >= 4 is 33.3 Å². The summed E-state index contributed by atoms with van der Waals surface area (Å²) in [6, 6.07) is 10.0. The van der Waals surface area contributed by atoms with Crippen LogP contribution in [0.5, 0.6) is 0 Å². The van der Waals surface area contributed by atoms with Gasteiger partial charge in [0, 0.05) is 43.0 Å². The first-order valence-corrected chi connectivity index (χ1v) is 9.47. The van der Waals surface area contributed by atoms with Gasteiger partial charge in [0.1, 0.15) is 5.69 Å². The molecule has 0 radical (unpaired) electrons. The molecule has 134 valence electrons. The van der Waals surface area contributed by atoms with Gasteiger partial charge in [-0.1, -0.05) is 18.2 Å². The lowest BCUT2D eigenvalue weighted by molar-refractivity contribution is 0.0760. The van der Waals surface area contributed by atoms with Crippen molar-refractivity contribution in [1.29, 1.82) is 0 Å². The first-order chi connectivity index (χ1) is 12.7. The molecule has 7 heteroatoms. The molecular weight excluding hydrogens is 348 g/mol. The van der Waals surface area contributed by atoms with Crippen LogP contribution in [0.3, 0.4) is 0 Å². The molecule has 1 aliphatic heterocycles. The number of nitrogens with zero attached hydrogens (tertiary/aromatic N) is 3. The van der Waals surface area contributed by atoms with Gasteiger partial charge in [-0.05, 0) is 24.1 Å². The second-order valence-electron chi connectivity index (χ2n) is 6.52. The molecule has 1 fully saturated rings. The van der Waals surface area contributed by atoms with E-state index in [4.69, 9.17) is 0 Å². The molecule has 0 saturated carbocycles. The Labute approximate surface area is 155 Å². The number of fused-ring (bicyclic) bond motifs is 1. The number of pyridine rings is 1. The van der Waals surface area contributed by atoms with Gasteiger partial charge >= 0.3 is 0 Å². The third-order valence-electron chi connectivity index (χ3n) is 4.85. The molecule has 26 heavy (non-hydrogen) atoms.